The lowest BCUT2D eigenvalue weighted by Gasteiger charge is -2.30. The minimum Gasteiger partial charge on any atom is -0.339 e. The maximum absolute atomic E-state index is 13.4. The van der Waals surface area contributed by atoms with Crippen molar-refractivity contribution >= 4 is 98.5 Å². The predicted octanol–water partition coefficient (Wildman–Crippen LogP) is 7.58. The van der Waals surface area contributed by atoms with Gasteiger partial charge in [0, 0.05) is 5.02 Å². The van der Waals surface area contributed by atoms with Gasteiger partial charge in [-0.1, -0.05) is 130 Å². The van der Waals surface area contributed by atoms with Crippen LogP contribution in [-0.2, 0) is 4.79 Å². The van der Waals surface area contributed by atoms with Crippen LogP contribution < -0.4 is 16.0 Å². The summed E-state index contributed by atoms with van der Waals surface area (Å²) in [6.45, 7) is 0. The van der Waals surface area contributed by atoms with Gasteiger partial charge in [-0.05, 0) is 35.5 Å². The van der Waals surface area contributed by atoms with Crippen molar-refractivity contribution < 1.29 is 4.79 Å². The third kappa shape index (κ3) is 7.28. The van der Waals surface area contributed by atoms with E-state index in [0.29, 0.717) is 10.7 Å². The topological polar surface area (TPSA) is 53.2 Å². The molecule has 0 aliphatic rings. The monoisotopic (exact) mass is 593 g/mol. The number of hydrogen-bond donors (Lipinski definition) is 3. The van der Waals surface area contributed by atoms with E-state index < -0.39 is 21.8 Å². The van der Waals surface area contributed by atoms with Gasteiger partial charge >= 0.3 is 0 Å². The van der Waals surface area contributed by atoms with Crippen LogP contribution in [0.25, 0.3) is 0 Å². The Labute approximate surface area is 232 Å². The van der Waals surface area contributed by atoms with Crippen molar-refractivity contribution in [1.29, 1.82) is 0 Å². The Morgan fingerprint density at radius 2 is 1.26 bits per heavy atom. The summed E-state index contributed by atoms with van der Waals surface area (Å²) >= 11 is 42.2. The normalized spacial score (nSPS) is 12.2. The summed E-state index contributed by atoms with van der Waals surface area (Å²) in [7, 11) is 0. The first kappa shape index (κ1) is 27.2. The molecule has 34 heavy (non-hydrogen) atoms. The van der Waals surface area contributed by atoms with E-state index in [1.807, 2.05) is 60.7 Å². The zero-order valence-electron chi connectivity index (χ0n) is 17.2. The van der Waals surface area contributed by atoms with Gasteiger partial charge in [-0.3, -0.25) is 4.79 Å². The molecule has 3 aromatic rings. The molecule has 11 heteroatoms. The molecular weight excluding hydrogens is 579 g/mol. The summed E-state index contributed by atoms with van der Waals surface area (Å²) in [5.74, 6) is -1.05. The zero-order chi connectivity index (χ0) is 24.9. The average Bonchev–Trinajstić information content (AvgIpc) is 2.77. The van der Waals surface area contributed by atoms with Crippen LogP contribution in [0.1, 0.15) is 17.0 Å². The number of nitrogens with one attached hydrogen (secondary N) is 3. The van der Waals surface area contributed by atoms with Crippen LogP contribution >= 0.6 is 81.8 Å². The minimum atomic E-state index is -1.95. The largest absolute Gasteiger partial charge is 0.339 e. The number of carbonyl (C=O) groups is 1. The van der Waals surface area contributed by atoms with Gasteiger partial charge in [-0.25, -0.2) is 0 Å². The number of hydrogen-bond acceptors (Lipinski definition) is 2. The molecule has 3 rings (SSSR count). The van der Waals surface area contributed by atoms with Crippen molar-refractivity contribution in [3.63, 3.8) is 0 Å². The fourth-order valence-corrected chi connectivity index (χ4v) is 4.61. The smallest absolute Gasteiger partial charge is 0.233 e. The maximum atomic E-state index is 13.4. The molecular formula is C23H17Cl6N3OS. The number of benzene rings is 3. The molecule has 4 nitrogen and oxygen atoms in total. The number of halogens is 6. The number of amides is 1. The Bertz CT molecular complexity index is 1100. The second-order valence-electron chi connectivity index (χ2n) is 7.08. The fourth-order valence-electron chi connectivity index (χ4n) is 3.15. The molecule has 0 fully saturated rings. The molecule has 0 aliphatic carbocycles. The van der Waals surface area contributed by atoms with Crippen LogP contribution in [0.3, 0.4) is 0 Å². The molecule has 0 saturated heterocycles. The first-order valence-electron chi connectivity index (χ1n) is 9.75. The van der Waals surface area contributed by atoms with Gasteiger partial charge in [-0.2, -0.15) is 0 Å². The van der Waals surface area contributed by atoms with Crippen LogP contribution in [0.2, 0.25) is 15.1 Å². The van der Waals surface area contributed by atoms with Crippen LogP contribution in [0.15, 0.2) is 72.8 Å². The summed E-state index contributed by atoms with van der Waals surface area (Å²) in [5, 5.41) is 9.25. The summed E-state index contributed by atoms with van der Waals surface area (Å²) < 4.78 is -1.95. The minimum absolute atomic E-state index is 0.0127. The standard InChI is InChI=1S/C23H17Cl6N3OS/c24-15-11-16(25)19(17(26)12-15)30-22(34)32-21(23(27,28)29)31-20(33)18(13-7-3-1-4-8-13)14-9-5-2-6-10-14/h1-12,18,21H,(H,31,33)(H2,30,32,34)/t21-/m0/s1. The molecule has 3 aromatic carbocycles. The van der Waals surface area contributed by atoms with E-state index >= 15 is 0 Å². The number of carbonyl (C=O) groups excluding carboxylic acids is 1. The third-order valence-corrected chi connectivity index (χ3v) is 6.35. The van der Waals surface area contributed by atoms with Crippen molar-refractivity contribution in [3.05, 3.63) is 99.0 Å². The highest BCUT2D eigenvalue weighted by atomic mass is 35.6. The van der Waals surface area contributed by atoms with Gasteiger partial charge < -0.3 is 16.0 Å². The molecule has 0 spiro atoms. The Kier molecular flexibility index (Phi) is 9.58. The van der Waals surface area contributed by atoms with E-state index in [-0.39, 0.29) is 15.2 Å². The Balaban J connectivity index is 1.83. The van der Waals surface area contributed by atoms with E-state index in [4.69, 9.17) is 81.8 Å². The highest BCUT2D eigenvalue weighted by molar-refractivity contribution is 7.80. The summed E-state index contributed by atoms with van der Waals surface area (Å²) in [6.07, 6.45) is -1.19. The molecule has 0 saturated carbocycles. The van der Waals surface area contributed by atoms with Gasteiger partial charge in [-0.15, -0.1) is 0 Å². The number of thiocarbonyl (C=S) groups is 1. The van der Waals surface area contributed by atoms with Crippen LogP contribution in [0.5, 0.6) is 0 Å². The van der Waals surface area contributed by atoms with Gasteiger partial charge in [0.2, 0.25) is 9.70 Å². The van der Waals surface area contributed by atoms with Crippen molar-refractivity contribution in [2.75, 3.05) is 5.32 Å². The van der Waals surface area contributed by atoms with Crippen molar-refractivity contribution in [3.8, 4) is 0 Å². The molecule has 0 bridgehead atoms. The molecule has 0 radical (unpaired) electrons. The Morgan fingerprint density at radius 3 is 1.71 bits per heavy atom. The maximum Gasteiger partial charge on any atom is 0.233 e. The van der Waals surface area contributed by atoms with Crippen molar-refractivity contribution in [1.82, 2.24) is 10.6 Å². The lowest BCUT2D eigenvalue weighted by Crippen LogP contribution is -2.57. The van der Waals surface area contributed by atoms with Gasteiger partial charge in [0.1, 0.15) is 6.17 Å². The van der Waals surface area contributed by atoms with E-state index in [0.717, 1.165) is 11.1 Å². The lowest BCUT2D eigenvalue weighted by molar-refractivity contribution is -0.122. The first-order valence-corrected chi connectivity index (χ1v) is 12.4. The van der Waals surface area contributed by atoms with Gasteiger partial charge in [0.05, 0.1) is 21.7 Å². The van der Waals surface area contributed by atoms with Crippen molar-refractivity contribution in [2.45, 2.75) is 15.9 Å². The highest BCUT2D eigenvalue weighted by Gasteiger charge is 2.37. The van der Waals surface area contributed by atoms with E-state index in [1.54, 1.807) is 0 Å². The average molecular weight is 596 g/mol. The highest BCUT2D eigenvalue weighted by Crippen LogP contribution is 2.34. The van der Waals surface area contributed by atoms with E-state index in [1.165, 1.54) is 12.1 Å². The molecule has 1 atom stereocenters. The first-order chi connectivity index (χ1) is 16.1. The van der Waals surface area contributed by atoms with E-state index in [9.17, 15) is 4.79 Å². The number of rotatable bonds is 6. The fraction of sp³-hybridized carbons (Fsp3) is 0.130. The predicted molar refractivity (Wildman–Crippen MR) is 148 cm³/mol. The molecule has 3 N–H and O–H groups in total. The number of anilines is 1. The van der Waals surface area contributed by atoms with E-state index in [2.05, 4.69) is 16.0 Å². The lowest BCUT2D eigenvalue weighted by atomic mass is 9.90. The van der Waals surface area contributed by atoms with Crippen LogP contribution in [0, 0.1) is 0 Å². The second-order valence-corrected chi connectivity index (χ2v) is 11.1. The van der Waals surface area contributed by atoms with Gasteiger partial charge in [0.25, 0.3) is 0 Å². The zero-order valence-corrected chi connectivity index (χ0v) is 22.5. The molecule has 1 amide bonds. The third-order valence-electron chi connectivity index (χ3n) is 4.66. The SMILES string of the molecule is O=C(N[C@@H](NC(=S)Nc1c(Cl)cc(Cl)cc1Cl)C(Cl)(Cl)Cl)C(c1ccccc1)c1ccccc1. The van der Waals surface area contributed by atoms with Crippen LogP contribution in [0.4, 0.5) is 5.69 Å². The molecule has 0 unspecified atom stereocenters. The number of alkyl halides is 3. The van der Waals surface area contributed by atoms with Gasteiger partial charge in [0.15, 0.2) is 5.11 Å². The molecule has 0 heterocycles. The second kappa shape index (κ2) is 12.0. The molecule has 178 valence electrons. The molecule has 0 aromatic heterocycles. The Hall–Kier alpha value is -1.44. The quantitative estimate of drug-likeness (QED) is 0.156. The van der Waals surface area contributed by atoms with Crippen LogP contribution in [-0.4, -0.2) is 21.0 Å². The summed E-state index contributed by atoms with van der Waals surface area (Å²) in [6, 6.07) is 21.5. The summed E-state index contributed by atoms with van der Waals surface area (Å²) in [4.78, 5) is 13.4. The van der Waals surface area contributed by atoms with Crippen molar-refractivity contribution in [2.24, 2.45) is 0 Å². The summed E-state index contributed by atoms with van der Waals surface area (Å²) in [5.41, 5.74) is 1.86. The Morgan fingerprint density at radius 1 is 0.794 bits per heavy atom. The molecule has 0 aliphatic heterocycles.